The van der Waals surface area contributed by atoms with E-state index < -0.39 is 0 Å². The molecule has 16 heavy (non-hydrogen) atoms. The van der Waals surface area contributed by atoms with Crippen LogP contribution < -0.4 is 11.1 Å². The largest absolute Gasteiger partial charge is 0.367 e. The van der Waals surface area contributed by atoms with Gasteiger partial charge in [0.2, 0.25) is 17.0 Å². The lowest BCUT2D eigenvalue weighted by Gasteiger charge is -2.26. The summed E-state index contributed by atoms with van der Waals surface area (Å²) >= 11 is 1.17. The number of anilines is 2. The molecule has 0 aromatic carbocycles. The summed E-state index contributed by atoms with van der Waals surface area (Å²) in [6, 6.07) is 0. The standard InChI is InChI=1S/C9H15N5OS/c10-8-12-9(16-13-8)11-6-7(15)14-4-2-1-3-5-14/h1-6H2,(H3,10,11,12,13). The Morgan fingerprint density at radius 2 is 2.19 bits per heavy atom. The van der Waals surface area contributed by atoms with Gasteiger partial charge in [-0.3, -0.25) is 4.79 Å². The van der Waals surface area contributed by atoms with Crippen LogP contribution in [0.25, 0.3) is 0 Å². The Hall–Kier alpha value is -1.37. The molecule has 3 N–H and O–H groups in total. The van der Waals surface area contributed by atoms with Gasteiger partial charge >= 0.3 is 0 Å². The average Bonchev–Trinajstić information content (AvgIpc) is 2.73. The van der Waals surface area contributed by atoms with Crippen molar-refractivity contribution < 1.29 is 4.79 Å². The first-order chi connectivity index (χ1) is 7.75. The van der Waals surface area contributed by atoms with Crippen LogP contribution in [0.15, 0.2) is 0 Å². The van der Waals surface area contributed by atoms with Crippen molar-refractivity contribution in [1.82, 2.24) is 14.3 Å². The van der Waals surface area contributed by atoms with E-state index >= 15 is 0 Å². The molecule has 1 fully saturated rings. The molecule has 0 radical (unpaired) electrons. The van der Waals surface area contributed by atoms with Gasteiger partial charge in [0.15, 0.2) is 0 Å². The monoisotopic (exact) mass is 241 g/mol. The Balaban J connectivity index is 1.78. The van der Waals surface area contributed by atoms with Crippen molar-refractivity contribution in [3.05, 3.63) is 0 Å². The molecule has 2 rings (SSSR count). The molecule has 2 heterocycles. The minimum absolute atomic E-state index is 0.119. The highest BCUT2D eigenvalue weighted by molar-refractivity contribution is 7.09. The normalized spacial score (nSPS) is 16.1. The van der Waals surface area contributed by atoms with E-state index in [4.69, 9.17) is 5.73 Å². The van der Waals surface area contributed by atoms with Gasteiger partial charge in [0.25, 0.3) is 0 Å². The highest BCUT2D eigenvalue weighted by atomic mass is 32.1. The summed E-state index contributed by atoms with van der Waals surface area (Å²) in [6.07, 6.45) is 3.44. The van der Waals surface area contributed by atoms with Gasteiger partial charge in [0, 0.05) is 24.6 Å². The molecule has 1 amide bonds. The Morgan fingerprint density at radius 3 is 2.81 bits per heavy atom. The lowest BCUT2D eigenvalue weighted by molar-refractivity contribution is -0.130. The molecule has 0 spiro atoms. The van der Waals surface area contributed by atoms with E-state index in [1.807, 2.05) is 4.90 Å². The summed E-state index contributed by atoms with van der Waals surface area (Å²) in [5, 5.41) is 3.54. The average molecular weight is 241 g/mol. The predicted octanol–water partition coefficient (Wildman–Crippen LogP) is 0.545. The van der Waals surface area contributed by atoms with E-state index in [1.165, 1.54) is 18.0 Å². The maximum absolute atomic E-state index is 11.8. The van der Waals surface area contributed by atoms with E-state index in [9.17, 15) is 4.79 Å². The smallest absolute Gasteiger partial charge is 0.241 e. The zero-order chi connectivity index (χ0) is 11.4. The first-order valence-electron chi connectivity index (χ1n) is 5.36. The van der Waals surface area contributed by atoms with Crippen LogP contribution in [0, 0.1) is 0 Å². The van der Waals surface area contributed by atoms with Gasteiger partial charge in [-0.15, -0.1) is 0 Å². The quantitative estimate of drug-likeness (QED) is 0.807. The number of rotatable bonds is 3. The first kappa shape index (κ1) is 11.1. The van der Waals surface area contributed by atoms with Gasteiger partial charge in [-0.2, -0.15) is 9.36 Å². The highest BCUT2D eigenvalue weighted by Crippen LogP contribution is 2.12. The van der Waals surface area contributed by atoms with Gasteiger partial charge < -0.3 is 16.0 Å². The van der Waals surface area contributed by atoms with Crippen molar-refractivity contribution in [1.29, 1.82) is 0 Å². The molecule has 1 aliphatic heterocycles. The first-order valence-corrected chi connectivity index (χ1v) is 6.14. The molecule has 0 saturated carbocycles. The number of likely N-dealkylation sites (tertiary alicyclic amines) is 1. The Labute approximate surface area is 98.0 Å². The molecule has 7 heteroatoms. The lowest BCUT2D eigenvalue weighted by Crippen LogP contribution is -2.39. The van der Waals surface area contributed by atoms with Gasteiger partial charge in [0.1, 0.15) is 0 Å². The topological polar surface area (TPSA) is 84.1 Å². The minimum atomic E-state index is 0.119. The second-order valence-electron chi connectivity index (χ2n) is 3.75. The van der Waals surface area contributed by atoms with Crippen molar-refractivity contribution in [2.75, 3.05) is 30.7 Å². The molecule has 1 aromatic rings. The second kappa shape index (κ2) is 5.11. The number of nitrogen functional groups attached to an aromatic ring is 1. The Kier molecular flexibility index (Phi) is 3.55. The second-order valence-corrected chi connectivity index (χ2v) is 4.50. The number of piperidine rings is 1. The molecule has 1 aromatic heterocycles. The van der Waals surface area contributed by atoms with Gasteiger partial charge in [-0.1, -0.05) is 0 Å². The number of carbonyl (C=O) groups excluding carboxylic acids is 1. The molecule has 88 valence electrons. The summed E-state index contributed by atoms with van der Waals surface area (Å²) in [5.74, 6) is 0.367. The molecule has 0 aliphatic carbocycles. The summed E-state index contributed by atoms with van der Waals surface area (Å²) < 4.78 is 3.83. The Bertz CT molecular complexity index is 361. The minimum Gasteiger partial charge on any atom is -0.367 e. The highest BCUT2D eigenvalue weighted by Gasteiger charge is 2.16. The molecule has 6 nitrogen and oxygen atoms in total. The molecule has 0 atom stereocenters. The van der Waals surface area contributed by atoms with Crippen LogP contribution >= 0.6 is 11.5 Å². The molecule has 1 saturated heterocycles. The fourth-order valence-electron chi connectivity index (χ4n) is 1.71. The van der Waals surface area contributed by atoms with Crippen LogP contribution in [0.2, 0.25) is 0 Å². The van der Waals surface area contributed by atoms with Crippen molar-refractivity contribution in [2.45, 2.75) is 19.3 Å². The molecular formula is C9H15N5OS. The van der Waals surface area contributed by atoms with Crippen molar-refractivity contribution in [2.24, 2.45) is 0 Å². The zero-order valence-corrected chi connectivity index (χ0v) is 9.79. The summed E-state index contributed by atoms with van der Waals surface area (Å²) in [5.41, 5.74) is 5.38. The predicted molar refractivity (Wildman–Crippen MR) is 63.2 cm³/mol. The van der Waals surface area contributed by atoms with Crippen LogP contribution in [-0.2, 0) is 4.79 Å². The number of aromatic nitrogens is 2. The molecule has 1 aliphatic rings. The number of hydrogen-bond acceptors (Lipinski definition) is 6. The maximum Gasteiger partial charge on any atom is 0.241 e. The molecule has 0 unspecified atom stereocenters. The number of hydrogen-bond donors (Lipinski definition) is 2. The zero-order valence-electron chi connectivity index (χ0n) is 8.98. The van der Waals surface area contributed by atoms with E-state index in [-0.39, 0.29) is 18.4 Å². The van der Waals surface area contributed by atoms with Crippen molar-refractivity contribution in [3.63, 3.8) is 0 Å². The Morgan fingerprint density at radius 1 is 1.44 bits per heavy atom. The van der Waals surface area contributed by atoms with E-state index in [1.54, 1.807) is 0 Å². The lowest BCUT2D eigenvalue weighted by atomic mass is 10.1. The SMILES string of the molecule is Nc1nsc(NCC(=O)N2CCCCC2)n1. The number of amides is 1. The third-order valence-corrected chi connectivity index (χ3v) is 3.23. The summed E-state index contributed by atoms with van der Waals surface area (Å²) in [4.78, 5) is 17.6. The van der Waals surface area contributed by atoms with Crippen LogP contribution in [-0.4, -0.2) is 39.8 Å². The van der Waals surface area contributed by atoms with Crippen LogP contribution in [0.3, 0.4) is 0 Å². The van der Waals surface area contributed by atoms with Crippen LogP contribution in [0.5, 0.6) is 0 Å². The maximum atomic E-state index is 11.8. The number of carbonyl (C=O) groups is 1. The van der Waals surface area contributed by atoms with Gasteiger partial charge in [-0.25, -0.2) is 0 Å². The molecule has 0 bridgehead atoms. The van der Waals surface area contributed by atoms with Gasteiger partial charge in [-0.05, 0) is 19.3 Å². The van der Waals surface area contributed by atoms with Crippen molar-refractivity contribution in [3.8, 4) is 0 Å². The van der Waals surface area contributed by atoms with Gasteiger partial charge in [0.05, 0.1) is 6.54 Å². The van der Waals surface area contributed by atoms with E-state index in [0.29, 0.717) is 5.13 Å². The fourth-order valence-corrected chi connectivity index (χ4v) is 2.20. The number of nitrogens with two attached hydrogens (primary N) is 1. The molecular weight excluding hydrogens is 226 g/mol. The third kappa shape index (κ3) is 2.82. The number of nitrogens with one attached hydrogen (secondary N) is 1. The summed E-state index contributed by atoms with van der Waals surface area (Å²) in [7, 11) is 0. The van der Waals surface area contributed by atoms with Crippen LogP contribution in [0.4, 0.5) is 11.1 Å². The third-order valence-electron chi connectivity index (χ3n) is 2.54. The van der Waals surface area contributed by atoms with E-state index in [0.717, 1.165) is 25.9 Å². The van der Waals surface area contributed by atoms with Crippen molar-refractivity contribution >= 4 is 28.5 Å². The summed E-state index contributed by atoms with van der Waals surface area (Å²) in [6.45, 7) is 2.02. The number of nitrogens with zero attached hydrogens (tertiary/aromatic N) is 3. The fraction of sp³-hybridized carbons (Fsp3) is 0.667. The van der Waals surface area contributed by atoms with E-state index in [2.05, 4.69) is 14.7 Å². The van der Waals surface area contributed by atoms with Crippen LogP contribution in [0.1, 0.15) is 19.3 Å².